The minimum absolute atomic E-state index is 0.625. The Labute approximate surface area is 108 Å². The van der Waals surface area contributed by atoms with Crippen molar-refractivity contribution < 1.29 is 0 Å². The van der Waals surface area contributed by atoms with Crippen LogP contribution in [0.3, 0.4) is 0 Å². The molecule has 92 valence electrons. The number of aromatic nitrogens is 1. The third kappa shape index (κ3) is 5.10. The quantitative estimate of drug-likeness (QED) is 0.754. The standard InChI is InChI=1S/C13H19N3S/c1-11-6-7-12(10-14)13(16-11)15-8-4-3-5-9-17-2/h6-7H,3-5,8-9H2,1-2H3,(H,15,16). The van der Waals surface area contributed by atoms with E-state index in [0.717, 1.165) is 24.5 Å². The fourth-order valence-electron chi connectivity index (χ4n) is 1.54. The summed E-state index contributed by atoms with van der Waals surface area (Å²) in [5, 5.41) is 12.2. The third-order valence-electron chi connectivity index (χ3n) is 2.47. The van der Waals surface area contributed by atoms with E-state index in [1.54, 1.807) is 0 Å². The van der Waals surface area contributed by atoms with Gasteiger partial charge in [-0.15, -0.1) is 0 Å². The normalized spacial score (nSPS) is 9.94. The molecule has 4 heteroatoms. The average Bonchev–Trinajstić information content (AvgIpc) is 2.34. The minimum atomic E-state index is 0.625. The van der Waals surface area contributed by atoms with E-state index in [4.69, 9.17) is 5.26 Å². The van der Waals surface area contributed by atoms with Crippen molar-refractivity contribution in [3.05, 3.63) is 23.4 Å². The Morgan fingerprint density at radius 2 is 2.18 bits per heavy atom. The number of nitriles is 1. The molecular formula is C13H19N3S. The Hall–Kier alpha value is -1.21. The molecule has 0 radical (unpaired) electrons. The summed E-state index contributed by atoms with van der Waals surface area (Å²) >= 11 is 1.89. The number of hydrogen-bond acceptors (Lipinski definition) is 4. The van der Waals surface area contributed by atoms with E-state index in [9.17, 15) is 0 Å². The molecule has 3 nitrogen and oxygen atoms in total. The number of rotatable bonds is 7. The zero-order chi connectivity index (χ0) is 12.5. The van der Waals surface area contributed by atoms with Gasteiger partial charge in [0.1, 0.15) is 11.9 Å². The molecule has 1 aromatic rings. The van der Waals surface area contributed by atoms with Crippen LogP contribution in [0.25, 0.3) is 0 Å². The van der Waals surface area contributed by atoms with Crippen molar-refractivity contribution in [2.24, 2.45) is 0 Å². The number of aryl methyl sites for hydroxylation is 1. The molecule has 1 heterocycles. The van der Waals surface area contributed by atoms with Gasteiger partial charge < -0.3 is 5.32 Å². The lowest BCUT2D eigenvalue weighted by molar-refractivity contribution is 0.748. The summed E-state index contributed by atoms with van der Waals surface area (Å²) in [7, 11) is 0. The fourth-order valence-corrected chi connectivity index (χ4v) is 2.03. The van der Waals surface area contributed by atoms with E-state index in [1.807, 2.05) is 30.8 Å². The maximum atomic E-state index is 8.95. The highest BCUT2D eigenvalue weighted by Crippen LogP contribution is 2.12. The van der Waals surface area contributed by atoms with Crippen LogP contribution in [0.5, 0.6) is 0 Å². The summed E-state index contributed by atoms with van der Waals surface area (Å²) in [5.41, 5.74) is 1.56. The summed E-state index contributed by atoms with van der Waals surface area (Å²) in [6.07, 6.45) is 5.74. The van der Waals surface area contributed by atoms with Crippen LogP contribution in [0, 0.1) is 18.3 Å². The van der Waals surface area contributed by atoms with Crippen LogP contribution < -0.4 is 5.32 Å². The Bertz CT molecular complexity index is 385. The van der Waals surface area contributed by atoms with Gasteiger partial charge in [0.25, 0.3) is 0 Å². The molecule has 0 bridgehead atoms. The molecule has 0 spiro atoms. The monoisotopic (exact) mass is 249 g/mol. The van der Waals surface area contributed by atoms with Crippen molar-refractivity contribution in [1.82, 2.24) is 4.98 Å². The van der Waals surface area contributed by atoms with Crippen LogP contribution in [0.2, 0.25) is 0 Å². The number of nitrogens with one attached hydrogen (secondary N) is 1. The second-order valence-corrected chi connectivity index (χ2v) is 4.93. The molecular weight excluding hydrogens is 230 g/mol. The molecule has 0 aromatic carbocycles. The first-order chi connectivity index (χ1) is 8.27. The van der Waals surface area contributed by atoms with Crippen LogP contribution in [0.4, 0.5) is 5.82 Å². The highest BCUT2D eigenvalue weighted by molar-refractivity contribution is 7.98. The van der Waals surface area contributed by atoms with Gasteiger partial charge in [0.2, 0.25) is 0 Å². The summed E-state index contributed by atoms with van der Waals surface area (Å²) in [5.74, 6) is 1.95. The topological polar surface area (TPSA) is 48.7 Å². The maximum Gasteiger partial charge on any atom is 0.144 e. The Balaban J connectivity index is 2.36. The lowest BCUT2D eigenvalue weighted by Gasteiger charge is -2.07. The van der Waals surface area contributed by atoms with Crippen molar-refractivity contribution in [3.8, 4) is 6.07 Å². The summed E-state index contributed by atoms with van der Waals surface area (Å²) in [6.45, 7) is 2.82. The van der Waals surface area contributed by atoms with Gasteiger partial charge >= 0.3 is 0 Å². The van der Waals surface area contributed by atoms with Gasteiger partial charge in [-0.1, -0.05) is 6.42 Å². The molecule has 0 aliphatic carbocycles. The van der Waals surface area contributed by atoms with Crippen molar-refractivity contribution in [1.29, 1.82) is 5.26 Å². The number of thioether (sulfide) groups is 1. The predicted molar refractivity (Wildman–Crippen MR) is 74.4 cm³/mol. The fraction of sp³-hybridized carbons (Fsp3) is 0.538. The van der Waals surface area contributed by atoms with Gasteiger partial charge in [-0.3, -0.25) is 0 Å². The highest BCUT2D eigenvalue weighted by Gasteiger charge is 2.02. The van der Waals surface area contributed by atoms with Crippen LogP contribution in [0.1, 0.15) is 30.5 Å². The minimum Gasteiger partial charge on any atom is -0.369 e. The molecule has 1 rings (SSSR count). The van der Waals surface area contributed by atoms with Gasteiger partial charge in [-0.25, -0.2) is 4.98 Å². The molecule has 0 saturated heterocycles. The van der Waals surface area contributed by atoms with Gasteiger partial charge in [0, 0.05) is 12.2 Å². The molecule has 0 saturated carbocycles. The smallest absolute Gasteiger partial charge is 0.144 e. The van der Waals surface area contributed by atoms with Crippen LogP contribution in [-0.4, -0.2) is 23.5 Å². The number of pyridine rings is 1. The van der Waals surface area contributed by atoms with Gasteiger partial charge in [-0.05, 0) is 43.9 Å². The molecule has 0 fully saturated rings. The second-order valence-electron chi connectivity index (χ2n) is 3.94. The molecule has 0 aliphatic heterocycles. The van der Waals surface area contributed by atoms with Crippen LogP contribution in [0.15, 0.2) is 12.1 Å². The van der Waals surface area contributed by atoms with E-state index < -0.39 is 0 Å². The molecule has 17 heavy (non-hydrogen) atoms. The van der Waals surface area contributed by atoms with Crippen LogP contribution in [-0.2, 0) is 0 Å². The predicted octanol–water partition coefficient (Wildman–Crippen LogP) is 3.21. The van der Waals surface area contributed by atoms with E-state index in [-0.39, 0.29) is 0 Å². The Morgan fingerprint density at radius 1 is 1.35 bits per heavy atom. The van der Waals surface area contributed by atoms with Crippen molar-refractivity contribution in [3.63, 3.8) is 0 Å². The molecule has 1 aromatic heterocycles. The first-order valence-corrected chi connectivity index (χ1v) is 7.28. The highest BCUT2D eigenvalue weighted by atomic mass is 32.2. The van der Waals surface area contributed by atoms with E-state index in [1.165, 1.54) is 18.6 Å². The average molecular weight is 249 g/mol. The van der Waals surface area contributed by atoms with Gasteiger partial charge in [0.15, 0.2) is 0 Å². The SMILES string of the molecule is CSCCCCCNc1nc(C)ccc1C#N. The number of anilines is 1. The molecule has 0 atom stereocenters. The number of nitrogens with zero attached hydrogens (tertiary/aromatic N) is 2. The van der Waals surface area contributed by atoms with E-state index in [0.29, 0.717) is 5.56 Å². The third-order valence-corrected chi connectivity index (χ3v) is 3.17. The zero-order valence-corrected chi connectivity index (χ0v) is 11.3. The number of unbranched alkanes of at least 4 members (excludes halogenated alkanes) is 2. The lowest BCUT2D eigenvalue weighted by Crippen LogP contribution is -2.06. The molecule has 0 amide bonds. The Kier molecular flexibility index (Phi) is 6.49. The van der Waals surface area contributed by atoms with Crippen molar-refractivity contribution in [2.75, 3.05) is 23.9 Å². The number of hydrogen-bond donors (Lipinski definition) is 1. The van der Waals surface area contributed by atoms with Crippen molar-refractivity contribution >= 4 is 17.6 Å². The molecule has 0 unspecified atom stereocenters. The maximum absolute atomic E-state index is 8.95. The second kappa shape index (κ2) is 7.97. The van der Waals surface area contributed by atoms with Gasteiger partial charge in [0.05, 0.1) is 5.56 Å². The first kappa shape index (κ1) is 13.9. The Morgan fingerprint density at radius 3 is 2.88 bits per heavy atom. The van der Waals surface area contributed by atoms with Crippen LogP contribution >= 0.6 is 11.8 Å². The summed E-state index contributed by atoms with van der Waals surface area (Å²) in [4.78, 5) is 4.34. The first-order valence-electron chi connectivity index (χ1n) is 5.88. The van der Waals surface area contributed by atoms with E-state index in [2.05, 4.69) is 22.6 Å². The molecule has 1 N–H and O–H groups in total. The lowest BCUT2D eigenvalue weighted by atomic mass is 10.2. The van der Waals surface area contributed by atoms with E-state index >= 15 is 0 Å². The summed E-state index contributed by atoms with van der Waals surface area (Å²) in [6, 6.07) is 5.84. The summed E-state index contributed by atoms with van der Waals surface area (Å²) < 4.78 is 0. The zero-order valence-electron chi connectivity index (χ0n) is 10.5. The largest absolute Gasteiger partial charge is 0.369 e. The van der Waals surface area contributed by atoms with Gasteiger partial charge in [-0.2, -0.15) is 17.0 Å². The van der Waals surface area contributed by atoms with Crippen molar-refractivity contribution in [2.45, 2.75) is 26.2 Å². The molecule has 0 aliphatic rings.